The van der Waals surface area contributed by atoms with E-state index in [1.807, 2.05) is 0 Å². The quantitative estimate of drug-likeness (QED) is 0.802. The molecular formula is C10H11ClN4O2S. The first-order valence-corrected chi connectivity index (χ1v) is 7.03. The summed E-state index contributed by atoms with van der Waals surface area (Å²) in [5.41, 5.74) is 0.856. The molecule has 96 valence electrons. The lowest BCUT2D eigenvalue weighted by atomic mass is 10.3. The summed E-state index contributed by atoms with van der Waals surface area (Å²) >= 11 is 5.74. The molecule has 6 nitrogen and oxygen atoms in total. The number of nitrogens with one attached hydrogen (secondary N) is 2. The van der Waals surface area contributed by atoms with Crippen LogP contribution in [-0.2, 0) is 16.4 Å². The number of imidazole rings is 1. The number of aromatic nitrogens is 3. The minimum atomic E-state index is -3.62. The molecular weight excluding hydrogens is 276 g/mol. The molecule has 18 heavy (non-hydrogen) atoms. The standard InChI is InChI=1S/C10H11ClN4O2S/c11-10-9(2-1-4-13-10)18(16,17)15-5-3-8-6-12-7-14-8/h1-2,4,6-7,15H,3,5H2,(H,12,14). The Hall–Kier alpha value is -1.44. The van der Waals surface area contributed by atoms with E-state index in [4.69, 9.17) is 11.6 Å². The molecule has 8 heteroatoms. The van der Waals surface area contributed by atoms with Gasteiger partial charge in [0.1, 0.15) is 10.0 Å². The van der Waals surface area contributed by atoms with Crippen LogP contribution in [0.4, 0.5) is 0 Å². The molecule has 0 spiro atoms. The number of sulfonamides is 1. The van der Waals surface area contributed by atoms with Crippen molar-refractivity contribution in [3.05, 3.63) is 41.7 Å². The molecule has 0 saturated heterocycles. The second kappa shape index (κ2) is 5.47. The number of pyridine rings is 1. The first-order valence-electron chi connectivity index (χ1n) is 5.17. The average Bonchev–Trinajstić information content (AvgIpc) is 2.82. The number of nitrogens with zero attached hydrogens (tertiary/aromatic N) is 2. The fourth-order valence-electron chi connectivity index (χ4n) is 1.39. The summed E-state index contributed by atoms with van der Waals surface area (Å²) in [6.45, 7) is 0.260. The first kappa shape index (κ1) is 13.0. The van der Waals surface area contributed by atoms with E-state index < -0.39 is 10.0 Å². The molecule has 0 aliphatic carbocycles. The van der Waals surface area contributed by atoms with Crippen molar-refractivity contribution in [2.45, 2.75) is 11.3 Å². The van der Waals surface area contributed by atoms with E-state index in [2.05, 4.69) is 19.7 Å². The molecule has 0 bridgehead atoms. The number of rotatable bonds is 5. The molecule has 0 fully saturated rings. The summed E-state index contributed by atoms with van der Waals surface area (Å²) in [7, 11) is -3.62. The number of halogens is 1. The molecule has 0 unspecified atom stereocenters. The van der Waals surface area contributed by atoms with Crippen molar-refractivity contribution in [2.75, 3.05) is 6.54 Å². The maximum atomic E-state index is 11.9. The number of H-pyrrole nitrogens is 1. The van der Waals surface area contributed by atoms with Gasteiger partial charge in [-0.15, -0.1) is 0 Å². The van der Waals surface area contributed by atoms with Crippen molar-refractivity contribution in [1.29, 1.82) is 0 Å². The Morgan fingerprint density at radius 3 is 2.94 bits per heavy atom. The van der Waals surface area contributed by atoms with Gasteiger partial charge in [-0.1, -0.05) is 11.6 Å². The van der Waals surface area contributed by atoms with E-state index in [0.29, 0.717) is 6.42 Å². The normalized spacial score (nSPS) is 11.6. The highest BCUT2D eigenvalue weighted by molar-refractivity contribution is 7.89. The molecule has 0 amide bonds. The number of hydrogen-bond donors (Lipinski definition) is 2. The molecule has 2 heterocycles. The van der Waals surface area contributed by atoms with E-state index in [0.717, 1.165) is 5.69 Å². The van der Waals surface area contributed by atoms with Gasteiger partial charge >= 0.3 is 0 Å². The lowest BCUT2D eigenvalue weighted by Gasteiger charge is -2.06. The van der Waals surface area contributed by atoms with E-state index in [1.54, 1.807) is 12.5 Å². The molecule has 2 rings (SSSR count). The summed E-state index contributed by atoms with van der Waals surface area (Å²) in [5.74, 6) is 0. The Morgan fingerprint density at radius 1 is 1.44 bits per heavy atom. The molecule has 2 aromatic heterocycles. The molecule has 0 radical (unpaired) electrons. The van der Waals surface area contributed by atoms with Crippen LogP contribution in [0.2, 0.25) is 5.15 Å². The van der Waals surface area contributed by atoms with Crippen molar-refractivity contribution in [1.82, 2.24) is 19.7 Å². The summed E-state index contributed by atoms with van der Waals surface area (Å²) in [5, 5.41) is -0.0356. The highest BCUT2D eigenvalue weighted by atomic mass is 35.5. The van der Waals surface area contributed by atoms with Gasteiger partial charge in [-0.2, -0.15) is 0 Å². The Bertz CT molecular complexity index is 613. The van der Waals surface area contributed by atoms with Gasteiger partial charge in [0.2, 0.25) is 10.0 Å². The Morgan fingerprint density at radius 2 is 2.28 bits per heavy atom. The molecule has 2 N–H and O–H groups in total. The van der Waals surface area contributed by atoms with Gasteiger partial charge in [-0.25, -0.2) is 23.1 Å². The number of hydrogen-bond acceptors (Lipinski definition) is 4. The van der Waals surface area contributed by atoms with Crippen molar-refractivity contribution in [2.24, 2.45) is 0 Å². The minimum Gasteiger partial charge on any atom is -0.348 e. The average molecular weight is 287 g/mol. The monoisotopic (exact) mass is 286 g/mol. The van der Waals surface area contributed by atoms with Gasteiger partial charge in [0.15, 0.2) is 0 Å². The van der Waals surface area contributed by atoms with Gasteiger partial charge in [0.05, 0.1) is 6.33 Å². The van der Waals surface area contributed by atoms with Crippen molar-refractivity contribution in [3.8, 4) is 0 Å². The fraction of sp³-hybridized carbons (Fsp3) is 0.200. The largest absolute Gasteiger partial charge is 0.348 e. The predicted octanol–water partition coefficient (Wildman–Crippen LogP) is 0.979. The Balaban J connectivity index is 2.02. The predicted molar refractivity (Wildman–Crippen MR) is 66.7 cm³/mol. The molecule has 2 aromatic rings. The fourth-order valence-corrected chi connectivity index (χ4v) is 2.87. The van der Waals surface area contributed by atoms with Crippen LogP contribution in [0.15, 0.2) is 35.7 Å². The zero-order valence-corrected chi connectivity index (χ0v) is 10.9. The number of aromatic amines is 1. The van der Waals surface area contributed by atoms with Crippen LogP contribution in [0.25, 0.3) is 0 Å². The second-order valence-corrected chi connectivity index (χ2v) is 5.61. The van der Waals surface area contributed by atoms with Crippen LogP contribution in [0.5, 0.6) is 0 Å². The van der Waals surface area contributed by atoms with Crippen LogP contribution in [0, 0.1) is 0 Å². The van der Waals surface area contributed by atoms with Gasteiger partial charge in [-0.3, -0.25) is 0 Å². The van der Waals surface area contributed by atoms with Gasteiger partial charge < -0.3 is 4.98 Å². The van der Waals surface area contributed by atoms with Crippen molar-refractivity contribution >= 4 is 21.6 Å². The van der Waals surface area contributed by atoms with Crippen LogP contribution in [0.1, 0.15) is 5.69 Å². The van der Waals surface area contributed by atoms with Crippen LogP contribution in [-0.4, -0.2) is 29.9 Å². The van der Waals surface area contributed by atoms with E-state index in [-0.39, 0.29) is 16.6 Å². The van der Waals surface area contributed by atoms with E-state index >= 15 is 0 Å². The van der Waals surface area contributed by atoms with E-state index in [1.165, 1.54) is 18.3 Å². The molecule has 0 aliphatic heterocycles. The van der Waals surface area contributed by atoms with Gasteiger partial charge in [-0.05, 0) is 12.1 Å². The van der Waals surface area contributed by atoms with Gasteiger partial charge in [0.25, 0.3) is 0 Å². The van der Waals surface area contributed by atoms with Crippen LogP contribution >= 0.6 is 11.6 Å². The van der Waals surface area contributed by atoms with Crippen LogP contribution in [0.3, 0.4) is 0 Å². The Labute approximate surface area is 109 Å². The molecule has 0 atom stereocenters. The SMILES string of the molecule is O=S(=O)(NCCc1cnc[nH]1)c1cccnc1Cl. The highest BCUT2D eigenvalue weighted by Gasteiger charge is 2.17. The molecule has 0 aliphatic rings. The summed E-state index contributed by atoms with van der Waals surface area (Å²) in [6.07, 6.45) is 5.15. The maximum Gasteiger partial charge on any atom is 0.243 e. The van der Waals surface area contributed by atoms with Crippen LogP contribution < -0.4 is 4.72 Å². The minimum absolute atomic E-state index is 0.0173. The van der Waals surface area contributed by atoms with E-state index in [9.17, 15) is 8.42 Å². The summed E-state index contributed by atoms with van der Waals surface area (Å²) in [6, 6.07) is 2.93. The van der Waals surface area contributed by atoms with Crippen molar-refractivity contribution < 1.29 is 8.42 Å². The van der Waals surface area contributed by atoms with Gasteiger partial charge in [0, 0.05) is 31.1 Å². The second-order valence-electron chi connectivity index (χ2n) is 3.52. The highest BCUT2D eigenvalue weighted by Crippen LogP contribution is 2.17. The lowest BCUT2D eigenvalue weighted by Crippen LogP contribution is -2.26. The summed E-state index contributed by atoms with van der Waals surface area (Å²) < 4.78 is 26.3. The molecule has 0 aromatic carbocycles. The third-order valence-electron chi connectivity index (χ3n) is 2.26. The topological polar surface area (TPSA) is 87.7 Å². The zero-order valence-electron chi connectivity index (χ0n) is 9.30. The first-order chi connectivity index (χ1) is 8.59. The molecule has 0 saturated carbocycles. The smallest absolute Gasteiger partial charge is 0.243 e. The third-order valence-corrected chi connectivity index (χ3v) is 4.16. The maximum absolute atomic E-state index is 11.9. The Kier molecular flexibility index (Phi) is 3.95. The third kappa shape index (κ3) is 3.06. The zero-order chi connectivity index (χ0) is 13.0. The summed E-state index contributed by atoms with van der Waals surface area (Å²) in [4.78, 5) is 10.5. The lowest BCUT2D eigenvalue weighted by molar-refractivity contribution is 0.581. The van der Waals surface area contributed by atoms with Crippen molar-refractivity contribution in [3.63, 3.8) is 0 Å².